The lowest BCUT2D eigenvalue weighted by atomic mass is 10.2. The molecule has 0 saturated heterocycles. The SMILES string of the molecule is COc1cc(C)cc(N(NC(=O)OCC(Cl)(Cl)Cl)C(=O)OCC[Si](C)(C)C)c1. The molecule has 0 aliphatic heterocycles. The number of carbonyl (C=O) groups excluding carboxylic acids is 2. The molecule has 28 heavy (non-hydrogen) atoms. The number of nitrogens with zero attached hydrogens (tertiary/aromatic N) is 1. The van der Waals surface area contributed by atoms with Crippen molar-refractivity contribution in [2.75, 3.05) is 25.3 Å². The lowest BCUT2D eigenvalue weighted by molar-refractivity contribution is 0.136. The standard InChI is InChI=1S/C17H25Cl3N2O5Si/c1-12-8-13(10-14(9-12)25-2)22(16(24)26-6-7-28(3,4)5)21-15(23)27-11-17(18,19)20/h8-10H,6-7,11H2,1-5H3,(H,21,23). The van der Waals surface area contributed by atoms with Gasteiger partial charge in [0.05, 0.1) is 19.4 Å². The lowest BCUT2D eigenvalue weighted by Crippen LogP contribution is -2.47. The zero-order chi connectivity index (χ0) is 21.5. The third kappa shape index (κ3) is 9.72. The molecule has 1 aromatic rings. The highest BCUT2D eigenvalue weighted by molar-refractivity contribution is 6.76. The minimum Gasteiger partial charge on any atom is -0.497 e. The van der Waals surface area contributed by atoms with E-state index in [4.69, 9.17) is 49.0 Å². The van der Waals surface area contributed by atoms with Gasteiger partial charge >= 0.3 is 12.2 Å². The summed E-state index contributed by atoms with van der Waals surface area (Å²) in [6, 6.07) is 5.81. The van der Waals surface area contributed by atoms with E-state index in [-0.39, 0.29) is 6.61 Å². The molecule has 158 valence electrons. The Labute approximate surface area is 181 Å². The number of methoxy groups -OCH3 is 1. The molecule has 0 aromatic heterocycles. The van der Waals surface area contributed by atoms with Crippen LogP contribution in [-0.4, -0.2) is 44.4 Å². The maximum absolute atomic E-state index is 12.6. The van der Waals surface area contributed by atoms with Crippen LogP contribution >= 0.6 is 34.8 Å². The summed E-state index contributed by atoms with van der Waals surface area (Å²) in [6.45, 7) is 8.06. The predicted octanol–water partition coefficient (Wildman–Crippen LogP) is 5.30. The average molecular weight is 472 g/mol. The van der Waals surface area contributed by atoms with Crippen LogP contribution in [0, 0.1) is 6.92 Å². The van der Waals surface area contributed by atoms with Gasteiger partial charge in [-0.25, -0.2) is 15.0 Å². The van der Waals surface area contributed by atoms with Crippen LogP contribution in [0.25, 0.3) is 0 Å². The van der Waals surface area contributed by atoms with Crippen LogP contribution in [-0.2, 0) is 9.47 Å². The molecule has 0 bridgehead atoms. The van der Waals surface area contributed by atoms with E-state index in [1.54, 1.807) is 18.2 Å². The molecule has 0 spiro atoms. The number of ether oxygens (including phenoxy) is 3. The molecule has 0 heterocycles. The molecule has 0 aliphatic rings. The molecule has 0 aliphatic carbocycles. The molecule has 11 heteroatoms. The Morgan fingerprint density at radius 1 is 1.14 bits per heavy atom. The zero-order valence-electron chi connectivity index (χ0n) is 16.5. The van der Waals surface area contributed by atoms with Gasteiger partial charge in [-0.15, -0.1) is 0 Å². The van der Waals surface area contributed by atoms with Crippen molar-refractivity contribution in [1.82, 2.24) is 5.43 Å². The number of hydrogen-bond acceptors (Lipinski definition) is 5. The third-order valence-electron chi connectivity index (χ3n) is 3.36. The molecular weight excluding hydrogens is 447 g/mol. The number of rotatable bonds is 6. The highest BCUT2D eigenvalue weighted by Crippen LogP contribution is 2.26. The van der Waals surface area contributed by atoms with Crippen LogP contribution in [0.2, 0.25) is 25.7 Å². The van der Waals surface area contributed by atoms with E-state index in [0.717, 1.165) is 16.6 Å². The van der Waals surface area contributed by atoms with Gasteiger partial charge in [-0.3, -0.25) is 0 Å². The molecule has 1 rings (SSSR count). The highest BCUT2D eigenvalue weighted by atomic mass is 35.6. The van der Waals surface area contributed by atoms with Gasteiger partial charge in [0.1, 0.15) is 12.4 Å². The summed E-state index contributed by atoms with van der Waals surface area (Å²) in [5, 5.41) is 0.931. The van der Waals surface area contributed by atoms with Gasteiger partial charge in [0.25, 0.3) is 0 Å². The number of benzene rings is 1. The number of hydrazine groups is 1. The van der Waals surface area contributed by atoms with Crippen molar-refractivity contribution in [3.63, 3.8) is 0 Å². The van der Waals surface area contributed by atoms with E-state index in [2.05, 4.69) is 25.1 Å². The number of amides is 2. The van der Waals surface area contributed by atoms with Gasteiger partial charge in [0.15, 0.2) is 0 Å². The Balaban J connectivity index is 2.98. The Morgan fingerprint density at radius 2 is 1.79 bits per heavy atom. The average Bonchev–Trinajstić information content (AvgIpc) is 2.55. The Kier molecular flexibility index (Phi) is 9.20. The zero-order valence-corrected chi connectivity index (χ0v) is 19.7. The summed E-state index contributed by atoms with van der Waals surface area (Å²) >= 11 is 16.7. The minimum atomic E-state index is -1.77. The van der Waals surface area contributed by atoms with Crippen molar-refractivity contribution in [3.8, 4) is 5.75 Å². The van der Waals surface area contributed by atoms with Gasteiger partial charge < -0.3 is 14.2 Å². The van der Waals surface area contributed by atoms with Crippen LogP contribution in [0.3, 0.4) is 0 Å². The first-order valence-electron chi connectivity index (χ1n) is 8.43. The second-order valence-electron chi connectivity index (χ2n) is 7.27. The van der Waals surface area contributed by atoms with E-state index < -0.39 is 30.7 Å². The maximum Gasteiger partial charge on any atom is 0.433 e. The van der Waals surface area contributed by atoms with Gasteiger partial charge in [-0.1, -0.05) is 54.4 Å². The molecule has 0 saturated carbocycles. The second-order valence-corrected chi connectivity index (χ2v) is 15.4. The summed E-state index contributed by atoms with van der Waals surface area (Å²) in [4.78, 5) is 24.7. The molecule has 0 atom stereocenters. The molecular formula is C17H25Cl3N2O5Si. The van der Waals surface area contributed by atoms with Gasteiger partial charge in [-0.2, -0.15) is 5.01 Å². The quantitative estimate of drug-likeness (QED) is 0.346. The molecule has 7 nitrogen and oxygen atoms in total. The summed E-state index contributed by atoms with van der Waals surface area (Å²) < 4.78 is 13.6. The number of aryl methyl sites for hydroxylation is 1. The first-order chi connectivity index (χ1) is 12.8. The van der Waals surface area contributed by atoms with Crippen molar-refractivity contribution < 1.29 is 23.8 Å². The van der Waals surface area contributed by atoms with E-state index in [1.165, 1.54) is 7.11 Å². The maximum atomic E-state index is 12.6. The van der Waals surface area contributed by atoms with Gasteiger partial charge in [0, 0.05) is 14.1 Å². The summed E-state index contributed by atoms with van der Waals surface area (Å²) in [5.74, 6) is 0.506. The van der Waals surface area contributed by atoms with Crippen molar-refractivity contribution >= 4 is 60.8 Å². The Morgan fingerprint density at radius 3 is 2.32 bits per heavy atom. The largest absolute Gasteiger partial charge is 0.497 e. The predicted molar refractivity (Wildman–Crippen MR) is 114 cm³/mol. The molecule has 0 radical (unpaired) electrons. The van der Waals surface area contributed by atoms with Crippen molar-refractivity contribution in [2.45, 2.75) is 36.4 Å². The number of hydrogen-bond donors (Lipinski definition) is 1. The summed E-state index contributed by atoms with van der Waals surface area (Å²) in [5.41, 5.74) is 3.45. The van der Waals surface area contributed by atoms with Crippen LogP contribution in [0.15, 0.2) is 18.2 Å². The second kappa shape index (κ2) is 10.4. The molecule has 2 amide bonds. The van der Waals surface area contributed by atoms with E-state index in [1.807, 2.05) is 6.92 Å². The summed E-state index contributed by atoms with van der Waals surface area (Å²) in [7, 11) is 0.0987. The number of carbonyl (C=O) groups is 2. The molecule has 1 N–H and O–H groups in total. The Bertz CT molecular complexity index is 692. The van der Waals surface area contributed by atoms with Crippen molar-refractivity contribution in [1.29, 1.82) is 0 Å². The first-order valence-corrected chi connectivity index (χ1v) is 13.3. The highest BCUT2D eigenvalue weighted by Gasteiger charge is 2.26. The van der Waals surface area contributed by atoms with Crippen LogP contribution in [0.5, 0.6) is 5.75 Å². The van der Waals surface area contributed by atoms with E-state index in [9.17, 15) is 9.59 Å². The van der Waals surface area contributed by atoms with Crippen LogP contribution < -0.4 is 15.2 Å². The first kappa shape index (κ1) is 24.7. The number of nitrogens with one attached hydrogen (secondary N) is 1. The molecule has 0 fully saturated rings. The van der Waals surface area contributed by atoms with Crippen LogP contribution in [0.1, 0.15) is 5.56 Å². The summed E-state index contributed by atoms with van der Waals surface area (Å²) in [6.07, 6.45) is -1.74. The van der Waals surface area contributed by atoms with Crippen molar-refractivity contribution in [3.05, 3.63) is 23.8 Å². The van der Waals surface area contributed by atoms with E-state index >= 15 is 0 Å². The van der Waals surface area contributed by atoms with E-state index in [0.29, 0.717) is 11.4 Å². The van der Waals surface area contributed by atoms with Crippen LogP contribution in [0.4, 0.5) is 15.3 Å². The van der Waals surface area contributed by atoms with Crippen molar-refractivity contribution in [2.24, 2.45) is 0 Å². The fourth-order valence-electron chi connectivity index (χ4n) is 1.97. The molecule has 1 aromatic carbocycles. The number of halogens is 3. The fraction of sp³-hybridized carbons (Fsp3) is 0.529. The van der Waals surface area contributed by atoms with Gasteiger partial charge in [0.2, 0.25) is 3.79 Å². The number of anilines is 1. The smallest absolute Gasteiger partial charge is 0.433 e. The molecule has 0 unspecified atom stereocenters. The lowest BCUT2D eigenvalue weighted by Gasteiger charge is -2.24. The monoisotopic (exact) mass is 470 g/mol. The number of alkyl halides is 3. The normalized spacial score (nSPS) is 11.6. The fourth-order valence-corrected chi connectivity index (χ4v) is 2.85. The Hall–Kier alpha value is -1.35. The minimum absolute atomic E-state index is 0.235. The third-order valence-corrected chi connectivity index (χ3v) is 5.39. The van der Waals surface area contributed by atoms with Gasteiger partial charge in [-0.05, 0) is 30.7 Å². The topological polar surface area (TPSA) is 77.1 Å².